The quantitative estimate of drug-likeness (QED) is 0.690. The fourth-order valence-corrected chi connectivity index (χ4v) is 1.09. The molecule has 1 aromatic rings. The van der Waals surface area contributed by atoms with Crippen molar-refractivity contribution in [3.8, 4) is 0 Å². The van der Waals surface area contributed by atoms with E-state index in [4.69, 9.17) is 5.11 Å². The first-order valence-electron chi connectivity index (χ1n) is 3.88. The molecule has 4 nitrogen and oxygen atoms in total. The Morgan fingerprint density at radius 1 is 1.46 bits per heavy atom. The van der Waals surface area contributed by atoms with Gasteiger partial charge in [0.05, 0.1) is 6.61 Å². The maximum Gasteiger partial charge on any atom is 0.114 e. The number of aliphatic hydroxyl groups excluding tert-OH is 1. The Kier molecular flexibility index (Phi) is 2.75. The molecule has 1 atom stereocenters. The number of nitroso groups, excluding NO2 is 1. The van der Waals surface area contributed by atoms with Gasteiger partial charge in [-0.3, -0.25) is 0 Å². The van der Waals surface area contributed by atoms with E-state index in [0.29, 0.717) is 5.56 Å². The number of rotatable bonds is 3. The molecule has 0 bridgehead atoms. The van der Waals surface area contributed by atoms with Gasteiger partial charge in [-0.15, -0.1) is 4.91 Å². The van der Waals surface area contributed by atoms with Gasteiger partial charge in [-0.05, 0) is 18.2 Å². The highest BCUT2D eigenvalue weighted by atomic mass is 16.3. The van der Waals surface area contributed by atoms with Crippen LogP contribution in [-0.4, -0.2) is 16.8 Å². The molecule has 1 unspecified atom stereocenters. The van der Waals surface area contributed by atoms with Gasteiger partial charge in [0.15, 0.2) is 0 Å². The highest BCUT2D eigenvalue weighted by Gasteiger charge is 2.25. The van der Waals surface area contributed by atoms with Crippen molar-refractivity contribution in [1.82, 2.24) is 0 Å². The second-order valence-corrected chi connectivity index (χ2v) is 3.04. The summed E-state index contributed by atoms with van der Waals surface area (Å²) in [7, 11) is 0. The van der Waals surface area contributed by atoms with Gasteiger partial charge in [0.25, 0.3) is 0 Å². The maximum atomic E-state index is 10.3. The standard InChI is InChI=1S/C9H11NO3/c1-9(12,6-11)7-4-2-3-5-8(7)10-13/h2-5,11-12H,6H2,1H3. The Bertz CT molecular complexity index is 309. The first-order chi connectivity index (χ1) is 6.11. The third-order valence-electron chi connectivity index (χ3n) is 1.89. The van der Waals surface area contributed by atoms with Crippen LogP contribution in [0.25, 0.3) is 0 Å². The predicted molar refractivity (Wildman–Crippen MR) is 48.6 cm³/mol. The third kappa shape index (κ3) is 1.91. The number of aliphatic hydroxyl groups is 2. The van der Waals surface area contributed by atoms with Crippen LogP contribution in [0.5, 0.6) is 0 Å². The van der Waals surface area contributed by atoms with Crippen LogP contribution in [0.3, 0.4) is 0 Å². The van der Waals surface area contributed by atoms with Gasteiger partial charge in [0.1, 0.15) is 11.3 Å². The molecule has 13 heavy (non-hydrogen) atoms. The summed E-state index contributed by atoms with van der Waals surface area (Å²) in [6.45, 7) is 0.983. The predicted octanol–water partition coefficient (Wildman–Crippen LogP) is 1.28. The molecule has 0 amide bonds. The summed E-state index contributed by atoms with van der Waals surface area (Å²) < 4.78 is 0. The van der Waals surface area contributed by atoms with Crippen LogP contribution in [0.15, 0.2) is 29.4 Å². The van der Waals surface area contributed by atoms with Crippen molar-refractivity contribution in [2.24, 2.45) is 5.18 Å². The van der Waals surface area contributed by atoms with Crippen LogP contribution in [0.1, 0.15) is 12.5 Å². The summed E-state index contributed by atoms with van der Waals surface area (Å²) >= 11 is 0. The lowest BCUT2D eigenvalue weighted by Crippen LogP contribution is -2.25. The second-order valence-electron chi connectivity index (χ2n) is 3.04. The zero-order valence-electron chi connectivity index (χ0n) is 7.27. The van der Waals surface area contributed by atoms with E-state index in [1.165, 1.54) is 13.0 Å². The van der Waals surface area contributed by atoms with Crippen LogP contribution in [-0.2, 0) is 5.60 Å². The molecule has 0 saturated heterocycles. The first-order valence-corrected chi connectivity index (χ1v) is 3.88. The summed E-state index contributed by atoms with van der Waals surface area (Å²) in [6.07, 6.45) is 0. The summed E-state index contributed by atoms with van der Waals surface area (Å²) in [4.78, 5) is 10.3. The van der Waals surface area contributed by atoms with Crippen LogP contribution in [0, 0.1) is 4.91 Å². The minimum absolute atomic E-state index is 0.154. The summed E-state index contributed by atoms with van der Waals surface area (Å²) in [5, 5.41) is 21.3. The van der Waals surface area contributed by atoms with Crippen molar-refractivity contribution in [2.45, 2.75) is 12.5 Å². The zero-order chi connectivity index (χ0) is 9.90. The molecule has 0 saturated carbocycles. The number of benzene rings is 1. The third-order valence-corrected chi connectivity index (χ3v) is 1.89. The minimum atomic E-state index is -1.41. The molecule has 0 heterocycles. The van der Waals surface area contributed by atoms with Crippen LogP contribution >= 0.6 is 0 Å². The normalized spacial score (nSPS) is 15.0. The highest BCUT2D eigenvalue weighted by Crippen LogP contribution is 2.29. The molecule has 0 aromatic heterocycles. The first kappa shape index (κ1) is 9.83. The fraction of sp³-hybridized carbons (Fsp3) is 0.333. The molecular formula is C9H11NO3. The molecule has 2 N–H and O–H groups in total. The number of nitrogens with zero attached hydrogens (tertiary/aromatic N) is 1. The van der Waals surface area contributed by atoms with Gasteiger partial charge in [0.2, 0.25) is 0 Å². The molecule has 0 aliphatic heterocycles. The molecule has 70 valence electrons. The smallest absolute Gasteiger partial charge is 0.114 e. The van der Waals surface area contributed by atoms with Gasteiger partial charge in [-0.1, -0.05) is 18.2 Å². The van der Waals surface area contributed by atoms with E-state index in [9.17, 15) is 10.0 Å². The van der Waals surface area contributed by atoms with Gasteiger partial charge in [-0.25, -0.2) is 0 Å². The van der Waals surface area contributed by atoms with Crippen LogP contribution in [0.4, 0.5) is 5.69 Å². The van der Waals surface area contributed by atoms with E-state index in [-0.39, 0.29) is 5.69 Å². The van der Waals surface area contributed by atoms with E-state index in [1.807, 2.05) is 0 Å². The molecule has 1 aromatic carbocycles. The Morgan fingerprint density at radius 3 is 2.62 bits per heavy atom. The van der Waals surface area contributed by atoms with Gasteiger partial charge < -0.3 is 10.2 Å². The number of hydrogen-bond donors (Lipinski definition) is 2. The van der Waals surface area contributed by atoms with Gasteiger partial charge in [0, 0.05) is 5.56 Å². The van der Waals surface area contributed by atoms with Gasteiger partial charge in [-0.2, -0.15) is 0 Å². The van der Waals surface area contributed by atoms with E-state index >= 15 is 0 Å². The fourth-order valence-electron chi connectivity index (χ4n) is 1.09. The molecule has 0 radical (unpaired) electrons. The van der Waals surface area contributed by atoms with Crippen molar-refractivity contribution in [3.63, 3.8) is 0 Å². The second kappa shape index (κ2) is 3.64. The molecule has 4 heteroatoms. The van der Waals surface area contributed by atoms with E-state index in [1.54, 1.807) is 18.2 Å². The van der Waals surface area contributed by atoms with Crippen molar-refractivity contribution in [1.29, 1.82) is 0 Å². The Labute approximate surface area is 75.8 Å². The topological polar surface area (TPSA) is 69.9 Å². The minimum Gasteiger partial charge on any atom is -0.393 e. The lowest BCUT2D eigenvalue weighted by atomic mass is 9.95. The Morgan fingerprint density at radius 2 is 2.08 bits per heavy atom. The van der Waals surface area contributed by atoms with Gasteiger partial charge >= 0.3 is 0 Å². The van der Waals surface area contributed by atoms with Crippen molar-refractivity contribution in [2.75, 3.05) is 6.61 Å². The Balaban J connectivity index is 3.20. The molecule has 0 aliphatic carbocycles. The summed E-state index contributed by atoms with van der Waals surface area (Å²) in [6, 6.07) is 6.38. The van der Waals surface area contributed by atoms with Crippen molar-refractivity contribution in [3.05, 3.63) is 34.7 Å². The van der Waals surface area contributed by atoms with E-state index < -0.39 is 12.2 Å². The van der Waals surface area contributed by atoms with E-state index in [0.717, 1.165) is 0 Å². The zero-order valence-corrected chi connectivity index (χ0v) is 7.27. The molecule has 0 spiro atoms. The Hall–Kier alpha value is -1.26. The number of hydrogen-bond acceptors (Lipinski definition) is 4. The average Bonchev–Trinajstić information content (AvgIpc) is 2.18. The average molecular weight is 181 g/mol. The maximum absolute atomic E-state index is 10.3. The molecule has 1 rings (SSSR count). The molecule has 0 aliphatic rings. The van der Waals surface area contributed by atoms with Crippen molar-refractivity contribution < 1.29 is 10.2 Å². The lowest BCUT2D eigenvalue weighted by Gasteiger charge is -2.21. The SMILES string of the molecule is CC(O)(CO)c1ccccc1N=O. The highest BCUT2D eigenvalue weighted by molar-refractivity contribution is 5.48. The van der Waals surface area contributed by atoms with Crippen molar-refractivity contribution >= 4 is 5.69 Å². The summed E-state index contributed by atoms with van der Waals surface area (Å²) in [5.41, 5.74) is -0.918. The monoisotopic (exact) mass is 181 g/mol. The molecular weight excluding hydrogens is 170 g/mol. The summed E-state index contributed by atoms with van der Waals surface area (Å²) in [5.74, 6) is 0. The van der Waals surface area contributed by atoms with Crippen LogP contribution < -0.4 is 0 Å². The molecule has 0 fully saturated rings. The van der Waals surface area contributed by atoms with E-state index in [2.05, 4.69) is 5.18 Å². The largest absolute Gasteiger partial charge is 0.393 e. The lowest BCUT2D eigenvalue weighted by molar-refractivity contribution is -0.00178. The van der Waals surface area contributed by atoms with Crippen LogP contribution in [0.2, 0.25) is 0 Å².